The lowest BCUT2D eigenvalue weighted by Crippen LogP contribution is -1.86. The summed E-state index contributed by atoms with van der Waals surface area (Å²) in [6.45, 7) is 0. The van der Waals surface area contributed by atoms with E-state index in [0.717, 1.165) is 27.7 Å². The fourth-order valence-electron chi connectivity index (χ4n) is 3.16. The van der Waals surface area contributed by atoms with Crippen LogP contribution in [-0.4, -0.2) is 14.6 Å². The second-order valence-corrected chi connectivity index (χ2v) is 6.55. The van der Waals surface area contributed by atoms with Crippen molar-refractivity contribution in [1.82, 2.24) is 14.6 Å². The Morgan fingerprint density at radius 2 is 1.79 bits per heavy atom. The third kappa shape index (κ3) is 1.97. The Balaban J connectivity index is 1.93. The van der Waals surface area contributed by atoms with E-state index in [4.69, 9.17) is 5.10 Å². The number of benzene rings is 1. The number of thiophene rings is 1. The van der Waals surface area contributed by atoms with E-state index in [1.54, 1.807) is 11.3 Å². The molecule has 0 atom stereocenters. The lowest BCUT2D eigenvalue weighted by molar-refractivity contribution is 0.967. The molecule has 0 saturated heterocycles. The van der Waals surface area contributed by atoms with E-state index in [1.165, 1.54) is 10.4 Å². The molecule has 5 rings (SSSR count). The Morgan fingerprint density at radius 1 is 0.875 bits per heavy atom. The molecule has 0 aliphatic rings. The standard InChI is InChI=1S/C20H13N3S/c1-2-7-16-14(6-1)15(10-11-21-16)19-17-8-3-4-12-23(17)22-20(19)18-9-5-13-24-18/h1-13H. The molecular formula is C20H13N3S. The Kier molecular flexibility index (Phi) is 2.96. The van der Waals surface area contributed by atoms with Crippen LogP contribution in [0.25, 0.3) is 38.1 Å². The predicted molar refractivity (Wildman–Crippen MR) is 99.2 cm³/mol. The Morgan fingerprint density at radius 3 is 2.71 bits per heavy atom. The Hall–Kier alpha value is -2.98. The smallest absolute Gasteiger partial charge is 0.111 e. The molecule has 0 spiro atoms. The van der Waals surface area contributed by atoms with Crippen LogP contribution in [0.5, 0.6) is 0 Å². The lowest BCUT2D eigenvalue weighted by atomic mass is 9.99. The molecule has 4 heterocycles. The molecule has 1 aromatic carbocycles. The summed E-state index contributed by atoms with van der Waals surface area (Å²) >= 11 is 1.71. The molecule has 3 nitrogen and oxygen atoms in total. The SMILES string of the molecule is c1csc(-c2nn3ccccc3c2-c2ccnc3ccccc23)c1. The zero-order valence-electron chi connectivity index (χ0n) is 12.8. The van der Waals surface area contributed by atoms with Gasteiger partial charge in [-0.15, -0.1) is 11.3 Å². The summed E-state index contributed by atoms with van der Waals surface area (Å²) < 4.78 is 1.96. The fourth-order valence-corrected chi connectivity index (χ4v) is 3.88. The van der Waals surface area contributed by atoms with Gasteiger partial charge in [-0.1, -0.05) is 30.3 Å². The second kappa shape index (κ2) is 5.28. The summed E-state index contributed by atoms with van der Waals surface area (Å²) in [5.41, 5.74) is 5.47. The first kappa shape index (κ1) is 13.5. The first-order valence-corrected chi connectivity index (χ1v) is 8.65. The highest BCUT2D eigenvalue weighted by Crippen LogP contribution is 2.39. The number of fused-ring (bicyclic) bond motifs is 2. The van der Waals surface area contributed by atoms with Gasteiger partial charge in [0.05, 0.1) is 15.9 Å². The van der Waals surface area contributed by atoms with Crippen molar-refractivity contribution in [2.45, 2.75) is 0 Å². The minimum atomic E-state index is 1.00. The van der Waals surface area contributed by atoms with E-state index in [-0.39, 0.29) is 0 Å². The number of aromatic nitrogens is 3. The molecule has 0 aliphatic heterocycles. The maximum Gasteiger partial charge on any atom is 0.111 e. The van der Waals surface area contributed by atoms with E-state index in [9.17, 15) is 0 Å². The van der Waals surface area contributed by atoms with E-state index in [2.05, 4.69) is 58.9 Å². The molecule has 0 unspecified atom stereocenters. The van der Waals surface area contributed by atoms with Gasteiger partial charge >= 0.3 is 0 Å². The number of hydrogen-bond acceptors (Lipinski definition) is 3. The number of pyridine rings is 2. The fraction of sp³-hybridized carbons (Fsp3) is 0. The molecule has 5 aromatic rings. The van der Waals surface area contributed by atoms with Gasteiger partial charge in [0.15, 0.2) is 0 Å². The van der Waals surface area contributed by atoms with Gasteiger partial charge in [0.1, 0.15) is 5.69 Å². The highest BCUT2D eigenvalue weighted by atomic mass is 32.1. The van der Waals surface area contributed by atoms with Crippen molar-refractivity contribution in [3.05, 3.63) is 78.4 Å². The topological polar surface area (TPSA) is 30.2 Å². The molecule has 0 N–H and O–H groups in total. The molecule has 0 bridgehead atoms. The number of nitrogens with zero attached hydrogens (tertiary/aromatic N) is 3. The maximum atomic E-state index is 4.85. The van der Waals surface area contributed by atoms with Crippen molar-refractivity contribution in [3.8, 4) is 21.7 Å². The van der Waals surface area contributed by atoms with E-state index in [1.807, 2.05) is 29.0 Å². The lowest BCUT2D eigenvalue weighted by Gasteiger charge is -2.06. The largest absolute Gasteiger partial charge is 0.256 e. The Bertz CT molecular complexity index is 1150. The van der Waals surface area contributed by atoms with Crippen molar-refractivity contribution >= 4 is 27.8 Å². The van der Waals surface area contributed by atoms with E-state index >= 15 is 0 Å². The molecule has 4 aromatic heterocycles. The van der Waals surface area contributed by atoms with Gasteiger partial charge in [0, 0.05) is 23.3 Å². The zero-order chi connectivity index (χ0) is 15.9. The molecule has 114 valence electrons. The number of rotatable bonds is 2. The van der Waals surface area contributed by atoms with Crippen LogP contribution in [0.1, 0.15) is 0 Å². The van der Waals surface area contributed by atoms with Gasteiger partial charge in [-0.2, -0.15) is 5.10 Å². The minimum absolute atomic E-state index is 1.00. The van der Waals surface area contributed by atoms with Crippen LogP contribution in [0.3, 0.4) is 0 Å². The van der Waals surface area contributed by atoms with Crippen LogP contribution >= 0.6 is 11.3 Å². The van der Waals surface area contributed by atoms with Gasteiger partial charge in [0.25, 0.3) is 0 Å². The summed E-state index contributed by atoms with van der Waals surface area (Å²) in [6, 6.07) is 20.7. The normalized spacial score (nSPS) is 11.3. The average Bonchev–Trinajstić information content (AvgIpc) is 3.28. The predicted octanol–water partition coefficient (Wildman–Crippen LogP) is 5.28. The van der Waals surface area contributed by atoms with Gasteiger partial charge in [-0.05, 0) is 41.3 Å². The molecule has 0 fully saturated rings. The quantitative estimate of drug-likeness (QED) is 0.442. The highest BCUT2D eigenvalue weighted by molar-refractivity contribution is 7.13. The summed E-state index contributed by atoms with van der Waals surface area (Å²) in [5.74, 6) is 0. The third-order valence-electron chi connectivity index (χ3n) is 4.21. The van der Waals surface area contributed by atoms with Crippen LogP contribution in [0, 0.1) is 0 Å². The van der Waals surface area contributed by atoms with Crippen molar-refractivity contribution in [2.75, 3.05) is 0 Å². The molecule has 0 saturated carbocycles. The van der Waals surface area contributed by atoms with Crippen LogP contribution < -0.4 is 0 Å². The minimum Gasteiger partial charge on any atom is -0.256 e. The summed E-state index contributed by atoms with van der Waals surface area (Å²) in [7, 11) is 0. The molecule has 0 radical (unpaired) electrons. The first-order chi connectivity index (χ1) is 11.9. The van der Waals surface area contributed by atoms with Gasteiger partial charge in [-0.25, -0.2) is 4.52 Å². The van der Waals surface area contributed by atoms with Crippen molar-refractivity contribution in [1.29, 1.82) is 0 Å². The third-order valence-corrected chi connectivity index (χ3v) is 5.09. The van der Waals surface area contributed by atoms with Gasteiger partial charge in [0.2, 0.25) is 0 Å². The number of para-hydroxylation sites is 1. The van der Waals surface area contributed by atoms with Crippen LogP contribution in [0.2, 0.25) is 0 Å². The van der Waals surface area contributed by atoms with Gasteiger partial charge in [-0.3, -0.25) is 4.98 Å². The first-order valence-electron chi connectivity index (χ1n) is 7.77. The molecular weight excluding hydrogens is 314 g/mol. The summed E-state index contributed by atoms with van der Waals surface area (Å²) in [4.78, 5) is 5.68. The van der Waals surface area contributed by atoms with Crippen LogP contribution in [0.15, 0.2) is 78.4 Å². The van der Waals surface area contributed by atoms with Crippen LogP contribution in [-0.2, 0) is 0 Å². The second-order valence-electron chi connectivity index (χ2n) is 5.61. The van der Waals surface area contributed by atoms with Crippen molar-refractivity contribution in [2.24, 2.45) is 0 Å². The van der Waals surface area contributed by atoms with Gasteiger partial charge < -0.3 is 0 Å². The van der Waals surface area contributed by atoms with Crippen molar-refractivity contribution in [3.63, 3.8) is 0 Å². The number of hydrogen-bond donors (Lipinski definition) is 0. The average molecular weight is 327 g/mol. The van der Waals surface area contributed by atoms with E-state index < -0.39 is 0 Å². The highest BCUT2D eigenvalue weighted by Gasteiger charge is 2.18. The molecule has 0 amide bonds. The van der Waals surface area contributed by atoms with E-state index in [0.29, 0.717) is 0 Å². The molecule has 4 heteroatoms. The molecule has 0 aliphatic carbocycles. The maximum absolute atomic E-state index is 4.85. The monoisotopic (exact) mass is 327 g/mol. The van der Waals surface area contributed by atoms with Crippen molar-refractivity contribution < 1.29 is 0 Å². The summed E-state index contributed by atoms with van der Waals surface area (Å²) in [5, 5.41) is 8.09. The zero-order valence-corrected chi connectivity index (χ0v) is 13.6. The summed E-state index contributed by atoms with van der Waals surface area (Å²) in [6.07, 6.45) is 3.88. The van der Waals surface area contributed by atoms with Crippen LogP contribution in [0.4, 0.5) is 0 Å². The molecule has 24 heavy (non-hydrogen) atoms. The Labute approximate surface area is 142 Å².